The van der Waals surface area contributed by atoms with Gasteiger partial charge in [-0.3, -0.25) is 0 Å². The molecule has 0 aliphatic carbocycles. The van der Waals surface area contributed by atoms with Crippen LogP contribution < -0.4 is 0 Å². The molecule has 0 aromatic carbocycles. The van der Waals surface area contributed by atoms with E-state index in [2.05, 4.69) is 69.0 Å². The zero-order valence-corrected chi connectivity index (χ0v) is 27.8. The minimum Gasteiger partial charge on any atom is -0.347 e. The molecule has 3 heteroatoms. The number of allylic oxidation sites excluding steroid dienone is 7. The molecule has 0 N–H and O–H groups in total. The Bertz CT molecular complexity index is 667. The second-order valence-electron chi connectivity index (χ2n) is 12.5. The lowest BCUT2D eigenvalue weighted by atomic mass is 9.98. The molecule has 1 aliphatic heterocycles. The van der Waals surface area contributed by atoms with Gasteiger partial charge in [0.2, 0.25) is 0 Å². The van der Waals surface area contributed by atoms with Gasteiger partial charge in [-0.25, -0.2) is 0 Å². The van der Waals surface area contributed by atoms with Crippen molar-refractivity contribution in [1.29, 1.82) is 0 Å². The van der Waals surface area contributed by atoms with Crippen LogP contribution in [0.1, 0.15) is 155 Å². The summed E-state index contributed by atoms with van der Waals surface area (Å²) in [6.07, 6.45) is 44.9. The monoisotopic (exact) mass is 572 g/mol. The fourth-order valence-electron chi connectivity index (χ4n) is 5.60. The highest BCUT2D eigenvalue weighted by molar-refractivity contribution is 4.92. The van der Waals surface area contributed by atoms with Gasteiger partial charge in [-0.15, -0.1) is 6.58 Å². The highest BCUT2D eigenvalue weighted by Gasteiger charge is 2.40. The zero-order chi connectivity index (χ0) is 29.7. The maximum absolute atomic E-state index is 6.64. The summed E-state index contributed by atoms with van der Waals surface area (Å²) < 4.78 is 13.1. The zero-order valence-electron chi connectivity index (χ0n) is 27.8. The second-order valence-corrected chi connectivity index (χ2v) is 12.5. The van der Waals surface area contributed by atoms with Crippen LogP contribution >= 0.6 is 0 Å². The molecule has 0 saturated carbocycles. The lowest BCUT2D eigenvalue weighted by Gasteiger charge is -2.29. The van der Waals surface area contributed by atoms with Gasteiger partial charge in [0.25, 0.3) is 0 Å². The summed E-state index contributed by atoms with van der Waals surface area (Å²) in [6, 6.07) is 0. The molecule has 0 aromatic rings. The number of hydrogen-bond acceptors (Lipinski definition) is 3. The molecule has 0 amide bonds. The normalized spacial score (nSPS) is 19.6. The molecule has 1 rings (SSSR count). The Morgan fingerprint density at radius 3 is 1.66 bits per heavy atom. The Morgan fingerprint density at radius 1 is 0.659 bits per heavy atom. The van der Waals surface area contributed by atoms with Crippen LogP contribution in [0.2, 0.25) is 0 Å². The molecule has 0 bridgehead atoms. The first-order valence-corrected chi connectivity index (χ1v) is 17.6. The summed E-state index contributed by atoms with van der Waals surface area (Å²) in [4.78, 5) is 2.25. The Labute approximate surface area is 256 Å². The smallest absolute Gasteiger partial charge is 0.168 e. The first kappa shape index (κ1) is 37.9. The van der Waals surface area contributed by atoms with Crippen molar-refractivity contribution in [3.63, 3.8) is 0 Å². The molecule has 3 nitrogen and oxygen atoms in total. The van der Waals surface area contributed by atoms with Crippen LogP contribution in [0.3, 0.4) is 0 Å². The number of ether oxygens (including phenoxy) is 2. The molecule has 238 valence electrons. The van der Waals surface area contributed by atoms with Gasteiger partial charge in [0.1, 0.15) is 0 Å². The summed E-state index contributed by atoms with van der Waals surface area (Å²) in [5.74, 6) is -0.317. The van der Waals surface area contributed by atoms with Crippen LogP contribution in [-0.4, -0.2) is 44.0 Å². The molecule has 1 heterocycles. The van der Waals surface area contributed by atoms with Gasteiger partial charge in [0.05, 0.1) is 12.7 Å². The molecule has 1 saturated heterocycles. The standard InChI is InChI=1S/C38H69NO2/c1-5-7-9-11-13-15-17-18-19-20-21-23-25-27-29-31-34-38(40-36-37(41-38)32-35-39(3)4)33-30-28-26-24-22-16-14-12-10-8-6-2/h6,10,12-13,15,18-19,37H,2,5,7-9,11,14,16-17,20-36H2,1,3-4H3/b12-10-,15-13-,19-18-. The molecule has 2 unspecified atom stereocenters. The predicted octanol–water partition coefficient (Wildman–Crippen LogP) is 11.5. The number of unbranched alkanes of at least 4 members (excludes halogenated alkanes) is 15. The third-order valence-corrected chi connectivity index (χ3v) is 8.22. The van der Waals surface area contributed by atoms with Crippen LogP contribution in [0.25, 0.3) is 0 Å². The molecule has 1 aliphatic rings. The highest BCUT2D eigenvalue weighted by Crippen LogP contribution is 2.35. The van der Waals surface area contributed by atoms with E-state index in [1.54, 1.807) is 0 Å². The number of hydrogen-bond donors (Lipinski definition) is 0. The Hall–Kier alpha value is -1.16. The van der Waals surface area contributed by atoms with Crippen molar-refractivity contribution in [2.24, 2.45) is 0 Å². The van der Waals surface area contributed by atoms with E-state index in [9.17, 15) is 0 Å². The Balaban J connectivity index is 2.18. The topological polar surface area (TPSA) is 21.7 Å². The van der Waals surface area contributed by atoms with Crippen LogP contribution in [0, 0.1) is 0 Å². The van der Waals surface area contributed by atoms with E-state index in [0.29, 0.717) is 0 Å². The van der Waals surface area contributed by atoms with Gasteiger partial charge in [-0.05, 0) is 84.7 Å². The summed E-state index contributed by atoms with van der Waals surface area (Å²) >= 11 is 0. The van der Waals surface area contributed by atoms with Crippen LogP contribution in [0.5, 0.6) is 0 Å². The van der Waals surface area contributed by atoms with Crippen molar-refractivity contribution in [2.45, 2.75) is 166 Å². The van der Waals surface area contributed by atoms with E-state index in [4.69, 9.17) is 9.47 Å². The van der Waals surface area contributed by atoms with Gasteiger partial charge in [0.15, 0.2) is 5.79 Å². The van der Waals surface area contributed by atoms with Crippen LogP contribution in [0.15, 0.2) is 49.1 Å². The van der Waals surface area contributed by atoms with Crippen molar-refractivity contribution >= 4 is 0 Å². The van der Waals surface area contributed by atoms with Gasteiger partial charge in [-0.2, -0.15) is 0 Å². The minimum atomic E-state index is -0.317. The summed E-state index contributed by atoms with van der Waals surface area (Å²) in [5, 5.41) is 0. The fourth-order valence-corrected chi connectivity index (χ4v) is 5.60. The van der Waals surface area contributed by atoms with Gasteiger partial charge in [0, 0.05) is 19.4 Å². The molecule has 41 heavy (non-hydrogen) atoms. The first-order chi connectivity index (χ1) is 20.1. The summed E-state index contributed by atoms with van der Waals surface area (Å²) in [7, 11) is 4.29. The maximum Gasteiger partial charge on any atom is 0.168 e. The largest absolute Gasteiger partial charge is 0.347 e. The molecule has 0 spiro atoms. The fraction of sp³-hybridized carbons (Fsp3) is 0.789. The molecular formula is C38H69NO2. The van der Waals surface area contributed by atoms with E-state index >= 15 is 0 Å². The van der Waals surface area contributed by atoms with Crippen molar-refractivity contribution in [3.05, 3.63) is 49.1 Å². The van der Waals surface area contributed by atoms with Crippen LogP contribution in [-0.2, 0) is 9.47 Å². The van der Waals surface area contributed by atoms with Crippen molar-refractivity contribution < 1.29 is 9.47 Å². The van der Waals surface area contributed by atoms with Gasteiger partial charge >= 0.3 is 0 Å². The molecular weight excluding hydrogens is 502 g/mol. The number of nitrogens with zero attached hydrogens (tertiary/aromatic N) is 1. The van der Waals surface area contributed by atoms with E-state index in [0.717, 1.165) is 45.3 Å². The quantitative estimate of drug-likeness (QED) is 0.0658. The average molecular weight is 572 g/mol. The van der Waals surface area contributed by atoms with Crippen molar-refractivity contribution in [1.82, 2.24) is 4.90 Å². The summed E-state index contributed by atoms with van der Waals surface area (Å²) in [6.45, 7) is 7.87. The maximum atomic E-state index is 6.64. The molecule has 2 atom stereocenters. The minimum absolute atomic E-state index is 0.260. The first-order valence-electron chi connectivity index (χ1n) is 17.6. The predicted molar refractivity (Wildman–Crippen MR) is 182 cm³/mol. The molecule has 0 radical (unpaired) electrons. The lowest BCUT2D eigenvalue weighted by molar-refractivity contribution is -0.180. The third kappa shape index (κ3) is 23.0. The number of rotatable bonds is 29. The van der Waals surface area contributed by atoms with E-state index < -0.39 is 0 Å². The summed E-state index contributed by atoms with van der Waals surface area (Å²) in [5.41, 5.74) is 0. The average Bonchev–Trinajstić information content (AvgIpc) is 3.37. The second kappa shape index (κ2) is 27.7. The Morgan fingerprint density at radius 2 is 1.15 bits per heavy atom. The van der Waals surface area contributed by atoms with Gasteiger partial charge < -0.3 is 14.4 Å². The van der Waals surface area contributed by atoms with E-state index in [1.807, 2.05) is 6.08 Å². The van der Waals surface area contributed by atoms with Crippen LogP contribution in [0.4, 0.5) is 0 Å². The molecule has 0 aromatic heterocycles. The van der Waals surface area contributed by atoms with E-state index in [-0.39, 0.29) is 11.9 Å². The van der Waals surface area contributed by atoms with Crippen molar-refractivity contribution in [3.8, 4) is 0 Å². The Kier molecular flexibility index (Phi) is 25.5. The molecule has 1 fully saturated rings. The third-order valence-electron chi connectivity index (χ3n) is 8.22. The highest BCUT2D eigenvalue weighted by atomic mass is 16.7. The SMILES string of the molecule is C=CC/C=C\CCCCCCCCC1(CCCCCCCC/C=C\C/C=C\CCCCC)OCC(CCN(C)C)O1. The van der Waals surface area contributed by atoms with Gasteiger partial charge in [-0.1, -0.05) is 114 Å². The lowest BCUT2D eigenvalue weighted by Crippen LogP contribution is -2.31. The van der Waals surface area contributed by atoms with Crippen molar-refractivity contribution in [2.75, 3.05) is 27.2 Å². The van der Waals surface area contributed by atoms with E-state index in [1.165, 1.54) is 116 Å².